The van der Waals surface area contributed by atoms with Gasteiger partial charge in [-0.05, 0) is 37.1 Å². The normalized spacial score (nSPS) is 18.8. The lowest BCUT2D eigenvalue weighted by molar-refractivity contribution is 0.0919. The minimum Gasteiger partial charge on any atom is -0.486 e. The van der Waals surface area contributed by atoms with Crippen LogP contribution in [0.25, 0.3) is 0 Å². The fraction of sp³-hybridized carbons (Fsp3) is 0.450. The van der Waals surface area contributed by atoms with E-state index in [4.69, 9.17) is 15.2 Å². The zero-order chi connectivity index (χ0) is 20.7. The first-order valence-corrected chi connectivity index (χ1v) is 9.60. The van der Waals surface area contributed by atoms with Crippen LogP contribution in [0.15, 0.2) is 27.8 Å². The van der Waals surface area contributed by atoms with Gasteiger partial charge in [-0.15, -0.1) is 0 Å². The Kier molecular flexibility index (Phi) is 4.91. The largest absolute Gasteiger partial charge is 0.486 e. The molecule has 3 heterocycles. The maximum atomic E-state index is 13.0. The Morgan fingerprint density at radius 3 is 2.62 bits per heavy atom. The number of anilines is 1. The van der Waals surface area contributed by atoms with Crippen molar-refractivity contribution in [3.05, 3.63) is 50.2 Å². The summed E-state index contributed by atoms with van der Waals surface area (Å²) in [6.07, 6.45) is 1.83. The van der Waals surface area contributed by atoms with Gasteiger partial charge in [0.2, 0.25) is 0 Å². The summed E-state index contributed by atoms with van der Waals surface area (Å²) in [5.41, 5.74) is 5.62. The SMILES string of the molecule is Cn1c(N)c(C(=O)CN2CCCC2c2ccc3c(c2)OCCO3)c(=O)n(C)c1=O. The Balaban J connectivity index is 1.61. The molecule has 0 saturated carbocycles. The van der Waals surface area contributed by atoms with E-state index in [0.29, 0.717) is 19.0 Å². The maximum Gasteiger partial charge on any atom is 0.332 e. The number of nitrogens with two attached hydrogens (primary N) is 1. The van der Waals surface area contributed by atoms with Gasteiger partial charge in [-0.3, -0.25) is 23.6 Å². The van der Waals surface area contributed by atoms with Gasteiger partial charge < -0.3 is 15.2 Å². The average Bonchev–Trinajstić information content (AvgIpc) is 3.18. The number of ketones is 1. The van der Waals surface area contributed by atoms with Gasteiger partial charge in [0, 0.05) is 20.1 Å². The van der Waals surface area contributed by atoms with E-state index in [1.165, 1.54) is 14.1 Å². The van der Waals surface area contributed by atoms with E-state index >= 15 is 0 Å². The van der Waals surface area contributed by atoms with E-state index in [1.807, 2.05) is 23.1 Å². The predicted molar refractivity (Wildman–Crippen MR) is 107 cm³/mol. The molecule has 0 amide bonds. The molecule has 2 aromatic rings. The molecule has 0 spiro atoms. The molecular weight excluding hydrogens is 376 g/mol. The summed E-state index contributed by atoms with van der Waals surface area (Å²) in [7, 11) is 2.79. The van der Waals surface area contributed by atoms with Gasteiger partial charge in [0.1, 0.15) is 24.6 Å². The highest BCUT2D eigenvalue weighted by Crippen LogP contribution is 2.38. The molecule has 1 aromatic carbocycles. The van der Waals surface area contributed by atoms with E-state index in [2.05, 4.69) is 0 Å². The fourth-order valence-corrected chi connectivity index (χ4v) is 4.05. The van der Waals surface area contributed by atoms with Crippen molar-refractivity contribution in [1.29, 1.82) is 0 Å². The van der Waals surface area contributed by atoms with E-state index in [1.54, 1.807) is 0 Å². The molecular formula is C20H24N4O5. The van der Waals surface area contributed by atoms with Crippen LogP contribution in [0.4, 0.5) is 5.82 Å². The van der Waals surface area contributed by atoms with E-state index in [-0.39, 0.29) is 29.8 Å². The van der Waals surface area contributed by atoms with E-state index in [9.17, 15) is 14.4 Å². The molecule has 1 fully saturated rings. The van der Waals surface area contributed by atoms with Crippen LogP contribution in [0.3, 0.4) is 0 Å². The molecule has 9 nitrogen and oxygen atoms in total. The Morgan fingerprint density at radius 2 is 1.86 bits per heavy atom. The van der Waals surface area contributed by atoms with Gasteiger partial charge in [0.05, 0.1) is 6.54 Å². The summed E-state index contributed by atoms with van der Waals surface area (Å²) in [4.78, 5) is 39.5. The lowest BCUT2D eigenvalue weighted by atomic mass is 10.0. The van der Waals surface area contributed by atoms with E-state index in [0.717, 1.165) is 39.8 Å². The molecule has 1 unspecified atom stereocenters. The van der Waals surface area contributed by atoms with Crippen molar-refractivity contribution >= 4 is 11.6 Å². The Labute approximate surface area is 167 Å². The summed E-state index contributed by atoms with van der Waals surface area (Å²) in [5, 5.41) is 0. The number of carbonyl (C=O) groups is 1. The number of hydrogen-bond acceptors (Lipinski definition) is 7. The van der Waals surface area contributed by atoms with Crippen molar-refractivity contribution in [3.8, 4) is 11.5 Å². The molecule has 1 saturated heterocycles. The monoisotopic (exact) mass is 400 g/mol. The van der Waals surface area contributed by atoms with Gasteiger partial charge in [0.25, 0.3) is 5.56 Å². The van der Waals surface area contributed by atoms with Crippen LogP contribution in [0.1, 0.15) is 34.8 Å². The van der Waals surface area contributed by atoms with Crippen LogP contribution in [0.5, 0.6) is 11.5 Å². The second kappa shape index (κ2) is 7.40. The zero-order valence-electron chi connectivity index (χ0n) is 16.5. The number of fused-ring (bicyclic) bond motifs is 1. The molecule has 4 rings (SSSR count). The highest BCUT2D eigenvalue weighted by molar-refractivity contribution is 6.01. The number of rotatable bonds is 4. The smallest absolute Gasteiger partial charge is 0.332 e. The average molecular weight is 400 g/mol. The number of nitrogen functional groups attached to an aromatic ring is 1. The number of aromatic nitrogens is 2. The lowest BCUT2D eigenvalue weighted by Gasteiger charge is -2.26. The molecule has 0 bridgehead atoms. The molecule has 2 aliphatic heterocycles. The minimum absolute atomic E-state index is 0.0346. The molecule has 2 N–H and O–H groups in total. The number of carbonyl (C=O) groups excluding carboxylic acids is 1. The summed E-state index contributed by atoms with van der Waals surface area (Å²) in [6.45, 7) is 1.83. The first kappa shape index (κ1) is 19.3. The van der Waals surface area contributed by atoms with E-state index < -0.39 is 11.2 Å². The summed E-state index contributed by atoms with van der Waals surface area (Å²) >= 11 is 0. The predicted octanol–water partition coefficient (Wildman–Crippen LogP) is 0.457. The highest BCUT2D eigenvalue weighted by atomic mass is 16.6. The topological polar surface area (TPSA) is 109 Å². The lowest BCUT2D eigenvalue weighted by Crippen LogP contribution is -2.43. The molecule has 2 aliphatic rings. The molecule has 1 aromatic heterocycles. The number of benzene rings is 1. The Hall–Kier alpha value is -3.07. The standard InChI is InChI=1S/C20H24N4O5/c1-22-18(21)17(19(26)23(2)20(22)27)14(25)11-24-7-3-4-13(24)12-5-6-15-16(10-12)29-9-8-28-15/h5-6,10,13H,3-4,7-9,11,21H2,1-2H3. The summed E-state index contributed by atoms with van der Waals surface area (Å²) in [6, 6.07) is 5.87. The quantitative estimate of drug-likeness (QED) is 0.743. The van der Waals surface area contributed by atoms with Gasteiger partial charge in [-0.25, -0.2) is 4.79 Å². The van der Waals surface area contributed by atoms with Crippen molar-refractivity contribution in [2.24, 2.45) is 14.1 Å². The van der Waals surface area contributed by atoms with Crippen molar-refractivity contribution in [2.75, 3.05) is 32.0 Å². The van der Waals surface area contributed by atoms with Crippen molar-refractivity contribution < 1.29 is 14.3 Å². The fourth-order valence-electron chi connectivity index (χ4n) is 4.05. The number of likely N-dealkylation sites (tertiary alicyclic amines) is 1. The summed E-state index contributed by atoms with van der Waals surface area (Å²) in [5.74, 6) is 0.950. The van der Waals surface area contributed by atoms with Crippen LogP contribution >= 0.6 is 0 Å². The first-order valence-electron chi connectivity index (χ1n) is 9.60. The van der Waals surface area contributed by atoms with Gasteiger partial charge in [-0.1, -0.05) is 6.07 Å². The van der Waals surface area contributed by atoms with Crippen LogP contribution in [0.2, 0.25) is 0 Å². The van der Waals surface area contributed by atoms with Gasteiger partial charge in [0.15, 0.2) is 17.3 Å². The first-order chi connectivity index (χ1) is 13.9. The Bertz CT molecular complexity index is 1090. The van der Waals surface area contributed by atoms with Crippen LogP contribution in [0, 0.1) is 0 Å². The number of hydrogen-bond donors (Lipinski definition) is 1. The molecule has 29 heavy (non-hydrogen) atoms. The zero-order valence-corrected chi connectivity index (χ0v) is 16.5. The van der Waals surface area contributed by atoms with Crippen molar-refractivity contribution in [1.82, 2.24) is 14.0 Å². The molecule has 154 valence electrons. The summed E-state index contributed by atoms with van der Waals surface area (Å²) < 4.78 is 13.3. The third-order valence-corrected chi connectivity index (χ3v) is 5.65. The molecule has 0 radical (unpaired) electrons. The van der Waals surface area contributed by atoms with Crippen molar-refractivity contribution in [2.45, 2.75) is 18.9 Å². The number of ether oxygens (including phenoxy) is 2. The van der Waals surface area contributed by atoms with Gasteiger partial charge >= 0.3 is 5.69 Å². The second-order valence-corrected chi connectivity index (χ2v) is 7.42. The second-order valence-electron chi connectivity index (χ2n) is 7.42. The minimum atomic E-state index is -0.661. The maximum absolute atomic E-state index is 13.0. The third-order valence-electron chi connectivity index (χ3n) is 5.65. The van der Waals surface area contributed by atoms with Crippen molar-refractivity contribution in [3.63, 3.8) is 0 Å². The molecule has 0 aliphatic carbocycles. The third kappa shape index (κ3) is 3.31. The highest BCUT2D eigenvalue weighted by Gasteiger charge is 2.31. The van der Waals surface area contributed by atoms with Gasteiger partial charge in [-0.2, -0.15) is 0 Å². The molecule has 9 heteroatoms. The number of Topliss-reactive ketones (excluding diaryl/α,β-unsaturated/α-hetero) is 1. The van der Waals surface area contributed by atoms with Crippen LogP contribution < -0.4 is 26.5 Å². The Morgan fingerprint density at radius 1 is 1.14 bits per heavy atom. The van der Waals surface area contributed by atoms with Crippen LogP contribution in [-0.4, -0.2) is 46.1 Å². The van der Waals surface area contributed by atoms with Crippen LogP contribution in [-0.2, 0) is 14.1 Å². The molecule has 1 atom stereocenters. The number of nitrogens with zero attached hydrogens (tertiary/aromatic N) is 3.